The first-order chi connectivity index (χ1) is 21.5. The molecule has 0 aliphatic carbocycles. The third kappa shape index (κ3) is 10.7. The number of nitrogens with two attached hydrogens (primary N) is 2. The van der Waals surface area contributed by atoms with Crippen molar-refractivity contribution in [1.29, 1.82) is 0 Å². The maximum Gasteiger partial charge on any atom is 0.308 e. The van der Waals surface area contributed by atoms with Crippen LogP contribution in [0.25, 0.3) is 0 Å². The summed E-state index contributed by atoms with van der Waals surface area (Å²) in [5.41, 5.74) is 5.56. The summed E-state index contributed by atoms with van der Waals surface area (Å²) < 4.78 is 33.4. The number of aliphatic imine (C=N–C) groups is 1. The Labute approximate surface area is 272 Å². The Morgan fingerprint density at radius 3 is 2.41 bits per heavy atom. The van der Waals surface area contributed by atoms with Gasteiger partial charge in [-0.3, -0.25) is 25.0 Å². The van der Waals surface area contributed by atoms with Crippen LogP contribution in [-0.2, 0) is 40.4 Å². The summed E-state index contributed by atoms with van der Waals surface area (Å²) in [4.78, 5) is 56.3. The molecular formula is C32H50N6O7S. The van der Waals surface area contributed by atoms with Gasteiger partial charge in [0.1, 0.15) is 17.7 Å². The van der Waals surface area contributed by atoms with Crippen molar-refractivity contribution in [2.24, 2.45) is 28.4 Å². The third-order valence-corrected chi connectivity index (χ3v) is 9.86. The predicted molar refractivity (Wildman–Crippen MR) is 175 cm³/mol. The standard InChI is InChI=1S/C32H50N6O7S/c1-22(2)31(42)45-32(3,4)15-13-28(39)35-20-25-18-24(14-17-37(25)34)21-38(46(5,43)44)27(19-23-10-7-6-8-11-23)30(41)36-16-9-12-26(36)29(33)40/h6-8,10-11,20,22,24-27H,9,12-19,21,34H2,1-5H3,(H2,33,40)/t24?,25?,26-,27+/m0/s1. The maximum atomic E-state index is 14.0. The van der Waals surface area contributed by atoms with E-state index in [9.17, 15) is 27.6 Å². The summed E-state index contributed by atoms with van der Waals surface area (Å²) in [6.45, 7) is 7.79. The zero-order chi connectivity index (χ0) is 34.2. The Morgan fingerprint density at radius 2 is 1.80 bits per heavy atom. The number of rotatable bonds is 14. The highest BCUT2D eigenvalue weighted by molar-refractivity contribution is 7.88. The number of piperidine rings is 1. The van der Waals surface area contributed by atoms with E-state index in [-0.39, 0.29) is 43.1 Å². The van der Waals surface area contributed by atoms with E-state index >= 15 is 0 Å². The number of carbonyl (C=O) groups excluding carboxylic acids is 4. The van der Waals surface area contributed by atoms with Gasteiger partial charge in [0, 0.05) is 32.3 Å². The second-order valence-corrected chi connectivity index (χ2v) is 15.3. The number of benzene rings is 1. The molecule has 2 fully saturated rings. The van der Waals surface area contributed by atoms with E-state index in [1.807, 2.05) is 30.3 Å². The van der Waals surface area contributed by atoms with Gasteiger partial charge in [0.15, 0.2) is 0 Å². The molecule has 3 amide bonds. The monoisotopic (exact) mass is 662 g/mol. The van der Waals surface area contributed by atoms with E-state index < -0.39 is 45.6 Å². The molecule has 14 heteroatoms. The molecule has 4 atom stereocenters. The number of esters is 1. The van der Waals surface area contributed by atoms with E-state index in [0.717, 1.165) is 11.8 Å². The molecule has 0 spiro atoms. The summed E-state index contributed by atoms with van der Waals surface area (Å²) in [7, 11) is -3.89. The first kappa shape index (κ1) is 37.3. The number of hydrazine groups is 1. The Hall–Kier alpha value is -3.20. The Kier molecular flexibility index (Phi) is 13.0. The van der Waals surface area contributed by atoms with Gasteiger partial charge < -0.3 is 15.4 Å². The first-order valence-electron chi connectivity index (χ1n) is 15.9. The molecule has 4 N–H and O–H groups in total. The largest absolute Gasteiger partial charge is 0.459 e. The number of ether oxygens (including phenoxy) is 1. The van der Waals surface area contributed by atoms with Gasteiger partial charge in [0.25, 0.3) is 0 Å². The maximum absolute atomic E-state index is 14.0. The Bertz CT molecular complexity index is 1370. The molecule has 0 saturated carbocycles. The lowest BCUT2D eigenvalue weighted by Gasteiger charge is -2.39. The van der Waals surface area contributed by atoms with Crippen LogP contribution in [0.5, 0.6) is 0 Å². The van der Waals surface area contributed by atoms with Crippen molar-refractivity contribution in [1.82, 2.24) is 14.2 Å². The Balaban J connectivity index is 1.76. The summed E-state index contributed by atoms with van der Waals surface area (Å²) in [5, 5.41) is 1.57. The topological polar surface area (TPSA) is 186 Å². The fourth-order valence-electron chi connectivity index (χ4n) is 5.90. The van der Waals surface area contributed by atoms with Crippen molar-refractivity contribution >= 4 is 39.9 Å². The van der Waals surface area contributed by atoms with Gasteiger partial charge in [-0.2, -0.15) is 4.31 Å². The number of hydrogen-bond donors (Lipinski definition) is 2. The van der Waals surface area contributed by atoms with Crippen LogP contribution in [0.2, 0.25) is 0 Å². The van der Waals surface area contributed by atoms with Crippen LogP contribution in [0, 0.1) is 11.8 Å². The fourth-order valence-corrected chi connectivity index (χ4v) is 7.01. The number of carbonyl (C=O) groups is 4. The molecule has 1 aromatic rings. The van der Waals surface area contributed by atoms with Crippen LogP contribution in [0.1, 0.15) is 71.8 Å². The van der Waals surface area contributed by atoms with Crippen LogP contribution < -0.4 is 11.6 Å². The molecule has 0 bridgehead atoms. The fraction of sp³-hybridized carbons (Fsp3) is 0.656. The van der Waals surface area contributed by atoms with Gasteiger partial charge >= 0.3 is 5.97 Å². The highest BCUT2D eigenvalue weighted by Crippen LogP contribution is 2.27. The van der Waals surface area contributed by atoms with E-state index in [2.05, 4.69) is 4.99 Å². The van der Waals surface area contributed by atoms with Crippen LogP contribution >= 0.6 is 0 Å². The smallest absolute Gasteiger partial charge is 0.308 e. The molecular weight excluding hydrogens is 612 g/mol. The van der Waals surface area contributed by atoms with Gasteiger partial charge in [-0.1, -0.05) is 44.2 Å². The second-order valence-electron chi connectivity index (χ2n) is 13.3. The molecule has 2 unspecified atom stereocenters. The minimum atomic E-state index is -3.89. The highest BCUT2D eigenvalue weighted by atomic mass is 32.2. The summed E-state index contributed by atoms with van der Waals surface area (Å²) >= 11 is 0. The number of likely N-dealkylation sites (tertiary alicyclic amines) is 1. The molecule has 256 valence electrons. The first-order valence-corrected chi connectivity index (χ1v) is 17.7. The van der Waals surface area contributed by atoms with Crippen LogP contribution in [-0.4, -0.2) is 102 Å². The SMILES string of the molecule is CC(C)C(=O)OC(C)(C)CCC(=O)N=CC1CC(CN([C@H](Cc2ccccc2)C(=O)N2CCC[C@H]2C(N)=O)S(C)(=O)=O)CCN1N. The van der Waals surface area contributed by atoms with Crippen molar-refractivity contribution in [3.63, 3.8) is 0 Å². The van der Waals surface area contributed by atoms with Crippen molar-refractivity contribution in [3.8, 4) is 0 Å². The summed E-state index contributed by atoms with van der Waals surface area (Å²) in [6, 6.07) is 6.87. The van der Waals surface area contributed by atoms with Crippen LogP contribution in [0.3, 0.4) is 0 Å². The van der Waals surface area contributed by atoms with E-state index in [1.54, 1.807) is 32.7 Å². The van der Waals surface area contributed by atoms with Crippen molar-refractivity contribution in [2.75, 3.05) is 25.9 Å². The van der Waals surface area contributed by atoms with Crippen LogP contribution in [0.15, 0.2) is 35.3 Å². The molecule has 3 rings (SSSR count). The van der Waals surface area contributed by atoms with Gasteiger partial charge in [-0.05, 0) is 63.9 Å². The minimum absolute atomic E-state index is 0.0543. The molecule has 2 heterocycles. The molecule has 0 radical (unpaired) electrons. The van der Waals surface area contributed by atoms with Gasteiger partial charge in [-0.15, -0.1) is 0 Å². The highest BCUT2D eigenvalue weighted by Gasteiger charge is 2.42. The number of hydrogen-bond acceptors (Lipinski definition) is 9. The molecule has 2 aliphatic rings. The molecule has 13 nitrogen and oxygen atoms in total. The van der Waals surface area contributed by atoms with Crippen molar-refractivity contribution < 1.29 is 32.3 Å². The minimum Gasteiger partial charge on any atom is -0.459 e. The average Bonchev–Trinajstić information content (AvgIpc) is 3.48. The van der Waals surface area contributed by atoms with Crippen LogP contribution in [0.4, 0.5) is 0 Å². The molecule has 2 aliphatic heterocycles. The van der Waals surface area contributed by atoms with Crippen molar-refractivity contribution in [3.05, 3.63) is 35.9 Å². The van der Waals surface area contributed by atoms with Gasteiger partial charge in [0.2, 0.25) is 27.7 Å². The Morgan fingerprint density at radius 1 is 1.13 bits per heavy atom. The normalized spacial score (nSPS) is 22.0. The predicted octanol–water partition coefficient (Wildman–Crippen LogP) is 1.65. The van der Waals surface area contributed by atoms with Crippen molar-refractivity contribution in [2.45, 2.75) is 96.4 Å². The summed E-state index contributed by atoms with van der Waals surface area (Å²) in [6.07, 6.45) is 5.10. The lowest BCUT2D eigenvalue weighted by atomic mass is 9.91. The average molecular weight is 663 g/mol. The van der Waals surface area contributed by atoms with E-state index in [0.29, 0.717) is 45.2 Å². The van der Waals surface area contributed by atoms with E-state index in [4.69, 9.17) is 16.3 Å². The zero-order valence-corrected chi connectivity index (χ0v) is 28.4. The summed E-state index contributed by atoms with van der Waals surface area (Å²) in [5.74, 6) is 4.00. The quantitative estimate of drug-likeness (QED) is 0.170. The lowest BCUT2D eigenvalue weighted by molar-refractivity contribution is -0.161. The number of nitrogens with zero attached hydrogens (tertiary/aromatic N) is 4. The van der Waals surface area contributed by atoms with E-state index in [1.165, 1.54) is 15.4 Å². The lowest BCUT2D eigenvalue weighted by Crippen LogP contribution is -2.57. The molecule has 46 heavy (non-hydrogen) atoms. The molecule has 0 aromatic heterocycles. The zero-order valence-electron chi connectivity index (χ0n) is 27.6. The number of primary amides is 1. The van der Waals surface area contributed by atoms with Gasteiger partial charge in [-0.25, -0.2) is 18.4 Å². The second kappa shape index (κ2) is 16.1. The van der Waals surface area contributed by atoms with Gasteiger partial charge in [0.05, 0.1) is 18.2 Å². The molecule has 2 saturated heterocycles. The number of amides is 3. The molecule has 1 aromatic carbocycles. The number of sulfonamides is 1. The third-order valence-electron chi connectivity index (χ3n) is 8.61.